The monoisotopic (exact) mass is 331 g/mol. The SMILES string of the molecule is CCC(C)CC(CC)Nc1cccc(I)c1. The summed E-state index contributed by atoms with van der Waals surface area (Å²) in [5.41, 5.74) is 1.25. The van der Waals surface area contributed by atoms with Gasteiger partial charge in [-0.05, 0) is 59.5 Å². The van der Waals surface area contributed by atoms with Crippen molar-refractivity contribution in [3.63, 3.8) is 0 Å². The van der Waals surface area contributed by atoms with Gasteiger partial charge in [0, 0.05) is 15.3 Å². The predicted molar refractivity (Wildman–Crippen MR) is 80.9 cm³/mol. The third-order valence-corrected chi connectivity index (χ3v) is 3.74. The fourth-order valence-electron chi connectivity index (χ4n) is 1.79. The Kier molecular flexibility index (Phi) is 6.17. The van der Waals surface area contributed by atoms with E-state index in [1.54, 1.807) is 0 Å². The van der Waals surface area contributed by atoms with Crippen LogP contribution in [0.3, 0.4) is 0 Å². The van der Waals surface area contributed by atoms with E-state index in [0.717, 1.165) is 5.92 Å². The van der Waals surface area contributed by atoms with Crippen LogP contribution in [0, 0.1) is 9.49 Å². The first kappa shape index (κ1) is 13.8. The molecule has 1 N–H and O–H groups in total. The summed E-state index contributed by atoms with van der Waals surface area (Å²) < 4.78 is 1.29. The van der Waals surface area contributed by atoms with Crippen molar-refractivity contribution in [2.75, 3.05) is 5.32 Å². The summed E-state index contributed by atoms with van der Waals surface area (Å²) in [5.74, 6) is 0.806. The van der Waals surface area contributed by atoms with Gasteiger partial charge in [0.05, 0.1) is 0 Å². The van der Waals surface area contributed by atoms with Crippen molar-refractivity contribution >= 4 is 28.3 Å². The smallest absolute Gasteiger partial charge is 0.0352 e. The lowest BCUT2D eigenvalue weighted by Crippen LogP contribution is -2.21. The summed E-state index contributed by atoms with van der Waals surface area (Å²) in [4.78, 5) is 0. The number of anilines is 1. The highest BCUT2D eigenvalue weighted by atomic mass is 127. The Morgan fingerprint density at radius 1 is 1.25 bits per heavy atom. The lowest BCUT2D eigenvalue weighted by Gasteiger charge is -2.21. The Bertz CT molecular complexity index is 311. The molecule has 0 radical (unpaired) electrons. The number of nitrogens with one attached hydrogen (secondary N) is 1. The molecule has 0 saturated heterocycles. The van der Waals surface area contributed by atoms with Gasteiger partial charge in [0.15, 0.2) is 0 Å². The summed E-state index contributed by atoms with van der Waals surface area (Å²) in [7, 11) is 0. The molecule has 0 amide bonds. The molecule has 0 saturated carbocycles. The number of rotatable bonds is 6. The van der Waals surface area contributed by atoms with Crippen LogP contribution >= 0.6 is 22.6 Å². The molecular formula is C14H22IN. The zero-order chi connectivity index (χ0) is 12.0. The van der Waals surface area contributed by atoms with Crippen LogP contribution in [-0.2, 0) is 0 Å². The lowest BCUT2D eigenvalue weighted by atomic mass is 9.97. The first-order valence-electron chi connectivity index (χ1n) is 6.17. The van der Waals surface area contributed by atoms with Crippen molar-refractivity contribution in [2.24, 2.45) is 5.92 Å². The number of hydrogen-bond acceptors (Lipinski definition) is 1. The van der Waals surface area contributed by atoms with Gasteiger partial charge in [-0.25, -0.2) is 0 Å². The van der Waals surface area contributed by atoms with Crippen molar-refractivity contribution in [1.82, 2.24) is 0 Å². The second-order valence-electron chi connectivity index (χ2n) is 4.51. The minimum atomic E-state index is 0.605. The van der Waals surface area contributed by atoms with Crippen LogP contribution in [0.25, 0.3) is 0 Å². The molecule has 1 aromatic rings. The molecule has 90 valence electrons. The molecule has 2 unspecified atom stereocenters. The van der Waals surface area contributed by atoms with E-state index in [4.69, 9.17) is 0 Å². The van der Waals surface area contributed by atoms with E-state index >= 15 is 0 Å². The zero-order valence-electron chi connectivity index (χ0n) is 10.5. The normalized spacial score (nSPS) is 14.5. The second-order valence-corrected chi connectivity index (χ2v) is 5.75. The molecule has 1 aromatic carbocycles. The highest BCUT2D eigenvalue weighted by molar-refractivity contribution is 14.1. The number of benzene rings is 1. The first-order chi connectivity index (χ1) is 7.65. The van der Waals surface area contributed by atoms with E-state index < -0.39 is 0 Å². The lowest BCUT2D eigenvalue weighted by molar-refractivity contribution is 0.462. The quantitative estimate of drug-likeness (QED) is 0.730. The van der Waals surface area contributed by atoms with E-state index in [0.29, 0.717) is 6.04 Å². The molecule has 16 heavy (non-hydrogen) atoms. The summed E-state index contributed by atoms with van der Waals surface area (Å²) in [5, 5.41) is 3.63. The van der Waals surface area contributed by atoms with Crippen molar-refractivity contribution in [2.45, 2.75) is 46.1 Å². The van der Waals surface area contributed by atoms with Crippen molar-refractivity contribution in [3.8, 4) is 0 Å². The minimum absolute atomic E-state index is 0.605. The van der Waals surface area contributed by atoms with Gasteiger partial charge in [-0.2, -0.15) is 0 Å². The minimum Gasteiger partial charge on any atom is -0.382 e. The van der Waals surface area contributed by atoms with Crippen molar-refractivity contribution < 1.29 is 0 Å². The summed E-state index contributed by atoms with van der Waals surface area (Å²) >= 11 is 2.36. The fourth-order valence-corrected chi connectivity index (χ4v) is 2.34. The van der Waals surface area contributed by atoms with Gasteiger partial charge in [-0.1, -0.05) is 33.3 Å². The summed E-state index contributed by atoms with van der Waals surface area (Å²) in [6.07, 6.45) is 3.72. The molecule has 0 aromatic heterocycles. The van der Waals surface area contributed by atoms with Gasteiger partial charge in [-0.3, -0.25) is 0 Å². The van der Waals surface area contributed by atoms with Gasteiger partial charge < -0.3 is 5.32 Å². The maximum absolute atomic E-state index is 3.63. The maximum Gasteiger partial charge on any atom is 0.0352 e. The maximum atomic E-state index is 3.63. The van der Waals surface area contributed by atoms with Gasteiger partial charge >= 0.3 is 0 Å². The molecular weight excluding hydrogens is 309 g/mol. The van der Waals surface area contributed by atoms with Gasteiger partial charge in [0.25, 0.3) is 0 Å². The van der Waals surface area contributed by atoms with Gasteiger partial charge in [-0.15, -0.1) is 0 Å². The number of halogens is 1. The first-order valence-corrected chi connectivity index (χ1v) is 7.25. The van der Waals surface area contributed by atoms with Crippen LogP contribution in [0.15, 0.2) is 24.3 Å². The Morgan fingerprint density at radius 2 is 2.00 bits per heavy atom. The highest BCUT2D eigenvalue weighted by Gasteiger charge is 2.10. The van der Waals surface area contributed by atoms with E-state index in [2.05, 4.69) is 72.9 Å². The highest BCUT2D eigenvalue weighted by Crippen LogP contribution is 2.18. The zero-order valence-corrected chi connectivity index (χ0v) is 12.6. The molecule has 0 heterocycles. The Balaban J connectivity index is 2.56. The van der Waals surface area contributed by atoms with Gasteiger partial charge in [0.2, 0.25) is 0 Å². The van der Waals surface area contributed by atoms with Crippen molar-refractivity contribution in [3.05, 3.63) is 27.8 Å². The van der Waals surface area contributed by atoms with Crippen LogP contribution in [0.2, 0.25) is 0 Å². The number of hydrogen-bond donors (Lipinski definition) is 1. The van der Waals surface area contributed by atoms with Crippen LogP contribution in [0.1, 0.15) is 40.0 Å². The molecule has 2 atom stereocenters. The average molecular weight is 331 g/mol. The molecule has 1 nitrogen and oxygen atoms in total. The second kappa shape index (κ2) is 7.15. The van der Waals surface area contributed by atoms with Crippen molar-refractivity contribution in [1.29, 1.82) is 0 Å². The molecule has 1 rings (SSSR count). The van der Waals surface area contributed by atoms with Gasteiger partial charge in [0.1, 0.15) is 0 Å². The van der Waals surface area contributed by atoms with E-state index in [1.165, 1.54) is 28.5 Å². The Labute approximate surface area is 113 Å². The molecule has 0 fully saturated rings. The third-order valence-electron chi connectivity index (χ3n) is 3.07. The summed E-state index contributed by atoms with van der Waals surface area (Å²) in [6, 6.07) is 9.20. The molecule has 2 heteroatoms. The topological polar surface area (TPSA) is 12.0 Å². The van der Waals surface area contributed by atoms with Crippen LogP contribution in [0.5, 0.6) is 0 Å². The largest absolute Gasteiger partial charge is 0.382 e. The fraction of sp³-hybridized carbons (Fsp3) is 0.571. The standard InChI is InChI=1S/C14H22IN/c1-4-11(3)9-13(5-2)16-14-8-6-7-12(15)10-14/h6-8,10-11,13,16H,4-5,9H2,1-3H3. The Hall–Kier alpha value is -0.250. The third kappa shape index (κ3) is 4.73. The average Bonchev–Trinajstić information content (AvgIpc) is 2.28. The van der Waals surface area contributed by atoms with E-state index in [-0.39, 0.29) is 0 Å². The predicted octanol–water partition coefficient (Wildman–Crippen LogP) is 4.92. The van der Waals surface area contributed by atoms with Crippen LogP contribution < -0.4 is 5.32 Å². The van der Waals surface area contributed by atoms with Crippen LogP contribution in [-0.4, -0.2) is 6.04 Å². The Morgan fingerprint density at radius 3 is 2.56 bits per heavy atom. The molecule has 0 aliphatic heterocycles. The van der Waals surface area contributed by atoms with E-state index in [9.17, 15) is 0 Å². The molecule has 0 bridgehead atoms. The van der Waals surface area contributed by atoms with E-state index in [1.807, 2.05) is 0 Å². The molecule has 0 aliphatic carbocycles. The van der Waals surface area contributed by atoms with Crippen LogP contribution in [0.4, 0.5) is 5.69 Å². The summed E-state index contributed by atoms with van der Waals surface area (Å²) in [6.45, 7) is 6.86. The molecule has 0 aliphatic rings. The molecule has 0 spiro atoms.